The van der Waals surface area contributed by atoms with Crippen LogP contribution in [0.4, 0.5) is 0 Å². The van der Waals surface area contributed by atoms with Crippen molar-refractivity contribution < 1.29 is 0 Å². The number of hydrogen-bond donors (Lipinski definition) is 0. The van der Waals surface area contributed by atoms with Crippen LogP contribution in [0.5, 0.6) is 0 Å². The highest BCUT2D eigenvalue weighted by Crippen LogP contribution is 2.44. The lowest BCUT2D eigenvalue weighted by Gasteiger charge is -2.54. The zero-order chi connectivity index (χ0) is 15.3. The Morgan fingerprint density at radius 2 is 1.55 bits per heavy atom. The molecule has 0 atom stereocenters. The zero-order valence-electron chi connectivity index (χ0n) is 14.3. The van der Waals surface area contributed by atoms with Crippen molar-refractivity contribution in [1.29, 1.82) is 5.26 Å². The lowest BCUT2D eigenvalue weighted by atomic mass is 10.3. The van der Waals surface area contributed by atoms with E-state index in [1.807, 2.05) is 0 Å². The molecular formula is C16H33N3Si. The van der Waals surface area contributed by atoms with Gasteiger partial charge in [-0.15, -0.1) is 0 Å². The van der Waals surface area contributed by atoms with Crippen molar-refractivity contribution in [2.24, 2.45) is 0 Å². The van der Waals surface area contributed by atoms with Crippen molar-refractivity contribution >= 4 is 8.24 Å². The SMILES string of the molecule is CC(C)[Si](C(C)C)(C(C)C)N1CCCN(CCC#N)C1. The third-order valence-corrected chi connectivity index (χ3v) is 12.1. The first-order valence-electron chi connectivity index (χ1n) is 8.21. The molecule has 1 heterocycles. The fourth-order valence-corrected chi connectivity index (χ4v) is 11.9. The van der Waals surface area contributed by atoms with Gasteiger partial charge in [0.2, 0.25) is 0 Å². The molecule has 0 amide bonds. The summed E-state index contributed by atoms with van der Waals surface area (Å²) in [6.07, 6.45) is 1.92. The summed E-state index contributed by atoms with van der Waals surface area (Å²) < 4.78 is 2.84. The van der Waals surface area contributed by atoms with Crippen molar-refractivity contribution in [1.82, 2.24) is 9.47 Å². The van der Waals surface area contributed by atoms with Crippen LogP contribution in [0.3, 0.4) is 0 Å². The monoisotopic (exact) mass is 295 g/mol. The van der Waals surface area contributed by atoms with Crippen LogP contribution in [0.1, 0.15) is 54.4 Å². The van der Waals surface area contributed by atoms with Gasteiger partial charge in [0, 0.05) is 26.2 Å². The molecule has 0 aromatic carbocycles. The summed E-state index contributed by atoms with van der Waals surface area (Å²) >= 11 is 0. The Kier molecular flexibility index (Phi) is 6.70. The lowest BCUT2D eigenvalue weighted by Crippen LogP contribution is -2.64. The van der Waals surface area contributed by atoms with Crippen molar-refractivity contribution in [2.75, 3.05) is 26.3 Å². The summed E-state index contributed by atoms with van der Waals surface area (Å²) in [4.78, 5) is 2.49. The molecule has 1 aliphatic heterocycles. The van der Waals surface area contributed by atoms with Crippen LogP contribution in [0, 0.1) is 11.3 Å². The molecule has 1 aliphatic rings. The third kappa shape index (κ3) is 3.44. The van der Waals surface area contributed by atoms with E-state index in [1.54, 1.807) is 0 Å². The molecule has 0 saturated carbocycles. The molecule has 1 saturated heterocycles. The molecule has 0 N–H and O–H groups in total. The largest absolute Gasteiger partial charge is 0.310 e. The summed E-state index contributed by atoms with van der Waals surface area (Å²) in [6.45, 7) is 19.0. The molecule has 20 heavy (non-hydrogen) atoms. The van der Waals surface area contributed by atoms with Gasteiger partial charge < -0.3 is 4.57 Å². The van der Waals surface area contributed by atoms with Gasteiger partial charge in [-0.05, 0) is 29.6 Å². The van der Waals surface area contributed by atoms with E-state index in [0.717, 1.165) is 36.4 Å². The Balaban J connectivity index is 2.94. The molecule has 0 spiro atoms. The molecule has 3 nitrogen and oxygen atoms in total. The van der Waals surface area contributed by atoms with Crippen molar-refractivity contribution in [3.05, 3.63) is 0 Å². The topological polar surface area (TPSA) is 30.3 Å². The minimum Gasteiger partial charge on any atom is -0.310 e. The highest BCUT2D eigenvalue weighted by Gasteiger charge is 2.48. The average molecular weight is 296 g/mol. The van der Waals surface area contributed by atoms with E-state index in [1.165, 1.54) is 13.0 Å². The maximum Gasteiger partial charge on any atom is 0.137 e. The van der Waals surface area contributed by atoms with Crippen LogP contribution in [0.25, 0.3) is 0 Å². The Bertz CT molecular complexity index is 311. The van der Waals surface area contributed by atoms with Gasteiger partial charge in [-0.25, -0.2) is 0 Å². The van der Waals surface area contributed by atoms with Crippen LogP contribution >= 0.6 is 0 Å². The predicted molar refractivity (Wildman–Crippen MR) is 89.0 cm³/mol. The van der Waals surface area contributed by atoms with E-state index in [4.69, 9.17) is 5.26 Å². The first-order valence-corrected chi connectivity index (χ1v) is 10.4. The second-order valence-corrected chi connectivity index (χ2v) is 13.0. The molecule has 0 unspecified atom stereocenters. The zero-order valence-corrected chi connectivity index (χ0v) is 15.3. The fourth-order valence-electron chi connectivity index (χ4n) is 4.67. The normalized spacial score (nSPS) is 19.0. The van der Waals surface area contributed by atoms with Crippen molar-refractivity contribution in [3.8, 4) is 6.07 Å². The van der Waals surface area contributed by atoms with Gasteiger partial charge in [0.15, 0.2) is 0 Å². The van der Waals surface area contributed by atoms with Crippen LogP contribution in [-0.2, 0) is 0 Å². The summed E-state index contributed by atoms with van der Waals surface area (Å²) in [7, 11) is -1.50. The van der Waals surface area contributed by atoms with Crippen LogP contribution in [0.2, 0.25) is 16.6 Å². The molecule has 0 aromatic rings. The number of rotatable bonds is 6. The Morgan fingerprint density at radius 1 is 1.00 bits per heavy atom. The fraction of sp³-hybridized carbons (Fsp3) is 0.938. The Hall–Kier alpha value is -0.373. The molecule has 0 aliphatic carbocycles. The maximum atomic E-state index is 8.81. The molecule has 1 rings (SSSR count). The molecular weight excluding hydrogens is 262 g/mol. The predicted octanol–water partition coefficient (Wildman–Crippen LogP) is 4.04. The van der Waals surface area contributed by atoms with Crippen LogP contribution in [-0.4, -0.2) is 44.0 Å². The van der Waals surface area contributed by atoms with Crippen molar-refractivity contribution in [2.45, 2.75) is 71.0 Å². The van der Waals surface area contributed by atoms with Crippen LogP contribution in [0.15, 0.2) is 0 Å². The lowest BCUT2D eigenvalue weighted by molar-refractivity contribution is 0.137. The van der Waals surface area contributed by atoms with Gasteiger partial charge in [0.1, 0.15) is 8.24 Å². The molecule has 0 aromatic heterocycles. The minimum absolute atomic E-state index is 0.660. The van der Waals surface area contributed by atoms with Crippen LogP contribution < -0.4 is 0 Å². The van der Waals surface area contributed by atoms with Gasteiger partial charge in [-0.2, -0.15) is 5.26 Å². The number of hydrogen-bond acceptors (Lipinski definition) is 3. The van der Waals surface area contributed by atoms with Gasteiger partial charge >= 0.3 is 0 Å². The van der Waals surface area contributed by atoms with Gasteiger partial charge in [-0.3, -0.25) is 4.90 Å². The second-order valence-electron chi connectivity index (χ2n) is 7.14. The summed E-state index contributed by atoms with van der Waals surface area (Å²) in [5.41, 5.74) is 2.33. The standard InChI is InChI=1S/C16H33N3Si/c1-14(2)20(15(3)4,16(5)6)19-12-8-11-18(13-19)10-7-9-17/h14-16H,7-8,10-13H2,1-6H3. The van der Waals surface area contributed by atoms with E-state index in [9.17, 15) is 0 Å². The summed E-state index contributed by atoms with van der Waals surface area (Å²) in [5.74, 6) is 0. The van der Waals surface area contributed by atoms with Crippen molar-refractivity contribution in [3.63, 3.8) is 0 Å². The minimum atomic E-state index is -1.50. The second kappa shape index (κ2) is 7.58. The first kappa shape index (κ1) is 17.7. The van der Waals surface area contributed by atoms with E-state index >= 15 is 0 Å². The van der Waals surface area contributed by atoms with E-state index in [2.05, 4.69) is 57.1 Å². The average Bonchev–Trinajstić information content (AvgIpc) is 2.36. The summed E-state index contributed by atoms with van der Waals surface area (Å²) in [5, 5.41) is 8.81. The molecule has 1 fully saturated rings. The van der Waals surface area contributed by atoms with E-state index in [-0.39, 0.29) is 0 Å². The molecule has 0 bridgehead atoms. The highest BCUT2D eigenvalue weighted by atomic mass is 28.3. The van der Waals surface area contributed by atoms with Gasteiger partial charge in [0.05, 0.1) is 6.07 Å². The third-order valence-electron chi connectivity index (χ3n) is 5.14. The first-order chi connectivity index (χ1) is 9.37. The molecule has 116 valence electrons. The number of nitrogens with zero attached hydrogens (tertiary/aromatic N) is 3. The Morgan fingerprint density at radius 3 is 2.00 bits per heavy atom. The highest BCUT2D eigenvalue weighted by molar-refractivity contribution is 6.80. The quantitative estimate of drug-likeness (QED) is 0.693. The van der Waals surface area contributed by atoms with E-state index in [0.29, 0.717) is 6.42 Å². The van der Waals surface area contributed by atoms with Gasteiger partial charge in [-0.1, -0.05) is 41.5 Å². The maximum absolute atomic E-state index is 8.81. The molecule has 0 radical (unpaired) electrons. The Labute approximate surface area is 127 Å². The smallest absolute Gasteiger partial charge is 0.137 e. The van der Waals surface area contributed by atoms with Gasteiger partial charge in [0.25, 0.3) is 0 Å². The molecule has 4 heteroatoms. The van der Waals surface area contributed by atoms with E-state index < -0.39 is 8.24 Å². The number of nitriles is 1. The summed E-state index contributed by atoms with van der Waals surface area (Å²) in [6, 6.07) is 2.29.